The maximum Gasteiger partial charge on any atom is 0.151 e. The Morgan fingerprint density at radius 2 is 1.57 bits per heavy atom. The monoisotopic (exact) mass is 373 g/mol. The lowest BCUT2D eigenvalue weighted by Crippen LogP contribution is -2.47. The predicted octanol–water partition coefficient (Wildman–Crippen LogP) is 2.92. The van der Waals surface area contributed by atoms with Gasteiger partial charge in [-0.2, -0.15) is 0 Å². The molecule has 1 saturated carbocycles. The van der Waals surface area contributed by atoms with Crippen LogP contribution in [-0.2, 0) is 0 Å². The third-order valence-electron chi connectivity index (χ3n) is 5.70. The van der Waals surface area contributed by atoms with Crippen molar-refractivity contribution in [2.45, 2.75) is 25.2 Å². The first-order valence-electron chi connectivity index (χ1n) is 9.94. The third-order valence-corrected chi connectivity index (χ3v) is 5.70. The van der Waals surface area contributed by atoms with Crippen LogP contribution >= 0.6 is 0 Å². The van der Waals surface area contributed by atoms with Crippen LogP contribution in [0.4, 0.5) is 11.6 Å². The van der Waals surface area contributed by atoms with Gasteiger partial charge in [0.05, 0.1) is 5.69 Å². The lowest BCUT2D eigenvalue weighted by Gasteiger charge is -2.36. The third kappa shape index (κ3) is 3.40. The minimum Gasteiger partial charge on any atom is -0.353 e. The SMILES string of the molecule is c1ccc(-c2ccc(N3CCN(c4cc(C5CCC5)ncn4)CC3)nn2)nc1. The highest BCUT2D eigenvalue weighted by Gasteiger charge is 2.24. The van der Waals surface area contributed by atoms with Crippen LogP contribution in [0.3, 0.4) is 0 Å². The second kappa shape index (κ2) is 7.50. The van der Waals surface area contributed by atoms with Crippen molar-refractivity contribution >= 4 is 11.6 Å². The molecule has 1 saturated heterocycles. The smallest absolute Gasteiger partial charge is 0.151 e. The van der Waals surface area contributed by atoms with Gasteiger partial charge in [-0.1, -0.05) is 12.5 Å². The highest BCUT2D eigenvalue weighted by atomic mass is 15.3. The van der Waals surface area contributed by atoms with Gasteiger partial charge >= 0.3 is 0 Å². The zero-order chi connectivity index (χ0) is 18.8. The quantitative estimate of drug-likeness (QED) is 0.696. The maximum atomic E-state index is 4.51. The molecular formula is C21H23N7. The number of nitrogens with zero attached hydrogens (tertiary/aromatic N) is 7. The van der Waals surface area contributed by atoms with Crippen molar-refractivity contribution in [3.05, 3.63) is 54.6 Å². The van der Waals surface area contributed by atoms with Gasteiger partial charge in [-0.15, -0.1) is 10.2 Å². The minimum atomic E-state index is 0.635. The van der Waals surface area contributed by atoms with Crippen molar-refractivity contribution in [1.82, 2.24) is 25.1 Å². The molecule has 3 aromatic rings. The molecule has 2 aliphatic rings. The Bertz CT molecular complexity index is 917. The fraction of sp³-hybridized carbons (Fsp3) is 0.381. The van der Waals surface area contributed by atoms with Gasteiger partial charge in [0.2, 0.25) is 0 Å². The topological polar surface area (TPSA) is 70.9 Å². The number of rotatable bonds is 4. The Morgan fingerprint density at radius 3 is 2.21 bits per heavy atom. The number of pyridine rings is 1. The standard InChI is InChI=1S/C21H23N7/c1-2-9-22-17(6-1)18-7-8-20(26-25-18)27-10-12-28(13-11-27)21-14-19(23-15-24-21)16-4-3-5-16/h1-2,6-9,14-16H,3-5,10-13H2. The van der Waals surface area contributed by atoms with E-state index in [1.165, 1.54) is 25.0 Å². The molecule has 0 atom stereocenters. The predicted molar refractivity (Wildman–Crippen MR) is 108 cm³/mol. The summed E-state index contributed by atoms with van der Waals surface area (Å²) in [5, 5.41) is 8.78. The molecule has 7 nitrogen and oxygen atoms in total. The number of anilines is 2. The Hall–Kier alpha value is -3.09. The molecule has 0 radical (unpaired) electrons. The average Bonchev–Trinajstić information content (AvgIpc) is 2.74. The summed E-state index contributed by atoms with van der Waals surface area (Å²) in [7, 11) is 0. The van der Waals surface area contributed by atoms with Gasteiger partial charge < -0.3 is 9.80 Å². The maximum absolute atomic E-state index is 4.51. The minimum absolute atomic E-state index is 0.635. The van der Waals surface area contributed by atoms with E-state index in [9.17, 15) is 0 Å². The van der Waals surface area contributed by atoms with Crippen molar-refractivity contribution in [3.63, 3.8) is 0 Å². The van der Waals surface area contributed by atoms with E-state index in [4.69, 9.17) is 0 Å². The molecule has 7 heteroatoms. The van der Waals surface area contributed by atoms with E-state index in [0.717, 1.165) is 49.2 Å². The molecule has 4 heterocycles. The lowest BCUT2D eigenvalue weighted by atomic mass is 9.83. The lowest BCUT2D eigenvalue weighted by molar-refractivity contribution is 0.410. The van der Waals surface area contributed by atoms with Gasteiger partial charge in [0.25, 0.3) is 0 Å². The molecule has 142 valence electrons. The molecule has 1 aliphatic heterocycles. The number of hydrogen-bond acceptors (Lipinski definition) is 7. The summed E-state index contributed by atoms with van der Waals surface area (Å²) in [6.45, 7) is 3.65. The Labute approximate surface area is 164 Å². The van der Waals surface area contributed by atoms with Crippen molar-refractivity contribution in [3.8, 4) is 11.4 Å². The first-order chi connectivity index (χ1) is 13.9. The van der Waals surface area contributed by atoms with Crippen LogP contribution < -0.4 is 9.80 Å². The van der Waals surface area contributed by atoms with Crippen molar-refractivity contribution < 1.29 is 0 Å². The fourth-order valence-corrected chi connectivity index (χ4v) is 3.77. The summed E-state index contributed by atoms with van der Waals surface area (Å²) in [5.41, 5.74) is 2.85. The summed E-state index contributed by atoms with van der Waals surface area (Å²) >= 11 is 0. The van der Waals surface area contributed by atoms with Crippen LogP contribution in [-0.4, -0.2) is 51.3 Å². The largest absolute Gasteiger partial charge is 0.353 e. The van der Waals surface area contributed by atoms with Gasteiger partial charge in [0.15, 0.2) is 5.82 Å². The Morgan fingerprint density at radius 1 is 0.750 bits per heavy atom. The van der Waals surface area contributed by atoms with Crippen molar-refractivity contribution in [2.24, 2.45) is 0 Å². The summed E-state index contributed by atoms with van der Waals surface area (Å²) in [5.74, 6) is 2.60. The second-order valence-electron chi connectivity index (χ2n) is 7.39. The molecule has 3 aromatic heterocycles. The van der Waals surface area contributed by atoms with Gasteiger partial charge in [-0.3, -0.25) is 4.98 Å². The van der Waals surface area contributed by atoms with Crippen LogP contribution in [0.15, 0.2) is 48.9 Å². The average molecular weight is 373 g/mol. The van der Waals surface area contributed by atoms with Crippen LogP contribution in [0, 0.1) is 0 Å². The summed E-state index contributed by atoms with van der Waals surface area (Å²) in [6, 6.07) is 12.0. The van der Waals surface area contributed by atoms with E-state index in [1.807, 2.05) is 30.3 Å². The molecular weight excluding hydrogens is 350 g/mol. The van der Waals surface area contributed by atoms with Crippen molar-refractivity contribution in [1.29, 1.82) is 0 Å². The van der Waals surface area contributed by atoms with Crippen LogP contribution in [0.1, 0.15) is 30.9 Å². The van der Waals surface area contributed by atoms with Gasteiger partial charge in [-0.25, -0.2) is 9.97 Å². The zero-order valence-corrected chi connectivity index (χ0v) is 15.8. The van der Waals surface area contributed by atoms with Gasteiger partial charge in [0.1, 0.15) is 17.8 Å². The first kappa shape index (κ1) is 17.0. The summed E-state index contributed by atoms with van der Waals surface area (Å²) in [4.78, 5) is 17.9. The number of hydrogen-bond donors (Lipinski definition) is 0. The zero-order valence-electron chi connectivity index (χ0n) is 15.8. The van der Waals surface area contributed by atoms with Crippen molar-refractivity contribution in [2.75, 3.05) is 36.0 Å². The van der Waals surface area contributed by atoms with E-state index >= 15 is 0 Å². The molecule has 0 unspecified atom stereocenters. The van der Waals surface area contributed by atoms with E-state index in [2.05, 4.69) is 41.0 Å². The molecule has 0 amide bonds. The molecule has 5 rings (SSSR count). The molecule has 2 fully saturated rings. The molecule has 28 heavy (non-hydrogen) atoms. The second-order valence-corrected chi connectivity index (χ2v) is 7.39. The number of piperazine rings is 1. The molecule has 0 N–H and O–H groups in total. The number of aromatic nitrogens is 5. The van der Waals surface area contributed by atoms with Crippen LogP contribution in [0.2, 0.25) is 0 Å². The van der Waals surface area contributed by atoms with E-state index in [1.54, 1.807) is 12.5 Å². The van der Waals surface area contributed by atoms with E-state index in [-0.39, 0.29) is 0 Å². The summed E-state index contributed by atoms with van der Waals surface area (Å²) in [6.07, 6.45) is 7.34. The van der Waals surface area contributed by atoms with Crippen LogP contribution in [0.5, 0.6) is 0 Å². The molecule has 0 bridgehead atoms. The fourth-order valence-electron chi connectivity index (χ4n) is 3.77. The van der Waals surface area contributed by atoms with Crippen LogP contribution in [0.25, 0.3) is 11.4 Å². The van der Waals surface area contributed by atoms with Gasteiger partial charge in [-0.05, 0) is 37.1 Å². The molecule has 1 aliphatic carbocycles. The normalized spacial score (nSPS) is 17.4. The molecule has 0 aromatic carbocycles. The Balaban J connectivity index is 1.23. The van der Waals surface area contributed by atoms with E-state index < -0.39 is 0 Å². The highest BCUT2D eigenvalue weighted by Crippen LogP contribution is 2.36. The Kier molecular flexibility index (Phi) is 4.56. The van der Waals surface area contributed by atoms with Gasteiger partial charge in [0, 0.05) is 50.1 Å². The first-order valence-corrected chi connectivity index (χ1v) is 9.94. The van der Waals surface area contributed by atoms with E-state index in [0.29, 0.717) is 5.92 Å². The summed E-state index contributed by atoms with van der Waals surface area (Å²) < 4.78 is 0. The molecule has 0 spiro atoms. The highest BCUT2D eigenvalue weighted by molar-refractivity contribution is 5.55.